The van der Waals surface area contributed by atoms with Crippen molar-refractivity contribution in [3.05, 3.63) is 66.4 Å². The van der Waals surface area contributed by atoms with Gasteiger partial charge in [0.15, 0.2) is 0 Å². The lowest BCUT2D eigenvalue weighted by Gasteiger charge is -2.33. The molecule has 0 spiro atoms. The number of piperidine rings is 1. The highest BCUT2D eigenvalue weighted by Gasteiger charge is 2.23. The number of ether oxygens (including phenoxy) is 1. The summed E-state index contributed by atoms with van der Waals surface area (Å²) in [5, 5.41) is 3.01. The molecule has 3 aromatic rings. The molecule has 1 aliphatic rings. The van der Waals surface area contributed by atoms with Gasteiger partial charge in [0.05, 0.1) is 17.6 Å². The van der Waals surface area contributed by atoms with Crippen LogP contribution in [0.25, 0.3) is 22.5 Å². The number of benzene rings is 2. The van der Waals surface area contributed by atoms with Crippen LogP contribution >= 0.6 is 0 Å². The third kappa shape index (κ3) is 5.70. The zero-order valence-electron chi connectivity index (χ0n) is 18.4. The lowest BCUT2D eigenvalue weighted by Crippen LogP contribution is -2.46. The van der Waals surface area contributed by atoms with Crippen molar-refractivity contribution in [1.29, 1.82) is 0 Å². The second-order valence-electron chi connectivity index (χ2n) is 7.91. The zero-order chi connectivity index (χ0) is 23.2. The second kappa shape index (κ2) is 10.5. The molecular formula is C25H26F2N4O2. The quantitative estimate of drug-likeness (QED) is 0.582. The van der Waals surface area contributed by atoms with Crippen LogP contribution in [0.3, 0.4) is 0 Å². The first-order valence-electron chi connectivity index (χ1n) is 11.0. The molecular weight excluding hydrogens is 426 g/mol. The van der Waals surface area contributed by atoms with Gasteiger partial charge in [0.25, 0.3) is 0 Å². The highest BCUT2D eigenvalue weighted by Crippen LogP contribution is 2.31. The first-order chi connectivity index (χ1) is 16.0. The number of hydrogen-bond acceptors (Lipinski definition) is 5. The lowest BCUT2D eigenvalue weighted by atomic mass is 10.0. The summed E-state index contributed by atoms with van der Waals surface area (Å²) >= 11 is 0. The number of nitrogens with one attached hydrogen (secondary N) is 1. The predicted molar refractivity (Wildman–Crippen MR) is 123 cm³/mol. The molecule has 0 bridgehead atoms. The Morgan fingerprint density at radius 2 is 1.58 bits per heavy atom. The van der Waals surface area contributed by atoms with Crippen LogP contribution in [-0.2, 0) is 9.53 Å². The monoisotopic (exact) mass is 452 g/mol. The number of carbonyl (C=O) groups excluding carboxylic acids is 1. The summed E-state index contributed by atoms with van der Waals surface area (Å²) in [6, 6.07) is 12.3. The SMILES string of the molecule is CCOCC(=O)NC1CCN(c2cnc(-c3ccc(F)cc3)c(-c3ccc(F)cc3)n2)CC1. The van der Waals surface area contributed by atoms with E-state index in [1.807, 2.05) is 6.92 Å². The maximum atomic E-state index is 13.5. The van der Waals surface area contributed by atoms with Gasteiger partial charge in [-0.05, 0) is 68.3 Å². The molecule has 1 saturated heterocycles. The average Bonchev–Trinajstić information content (AvgIpc) is 2.84. The molecule has 33 heavy (non-hydrogen) atoms. The summed E-state index contributed by atoms with van der Waals surface area (Å²) in [5.41, 5.74) is 2.66. The molecule has 1 aromatic heterocycles. The van der Waals surface area contributed by atoms with Crippen molar-refractivity contribution in [3.8, 4) is 22.5 Å². The van der Waals surface area contributed by atoms with Gasteiger partial charge >= 0.3 is 0 Å². The maximum Gasteiger partial charge on any atom is 0.246 e. The van der Waals surface area contributed by atoms with Gasteiger partial charge < -0.3 is 15.0 Å². The van der Waals surface area contributed by atoms with Gasteiger partial charge in [-0.1, -0.05) is 0 Å². The summed E-state index contributed by atoms with van der Waals surface area (Å²) in [6.45, 7) is 3.87. The van der Waals surface area contributed by atoms with E-state index in [0.717, 1.165) is 24.0 Å². The van der Waals surface area contributed by atoms with Crippen LogP contribution in [0.15, 0.2) is 54.7 Å². The number of halogens is 2. The number of nitrogens with zero attached hydrogens (tertiary/aromatic N) is 3. The van der Waals surface area contributed by atoms with E-state index in [1.54, 1.807) is 30.5 Å². The minimum absolute atomic E-state index is 0.0774. The number of carbonyl (C=O) groups is 1. The maximum absolute atomic E-state index is 13.5. The molecule has 1 amide bonds. The van der Waals surface area contributed by atoms with Crippen molar-refractivity contribution in [2.24, 2.45) is 0 Å². The Labute approximate surface area is 191 Å². The molecule has 2 aromatic carbocycles. The van der Waals surface area contributed by atoms with Crippen LogP contribution in [0.5, 0.6) is 0 Å². The number of anilines is 1. The highest BCUT2D eigenvalue weighted by atomic mass is 19.1. The molecule has 1 aliphatic heterocycles. The fourth-order valence-electron chi connectivity index (χ4n) is 3.88. The minimum Gasteiger partial charge on any atom is -0.372 e. The Balaban J connectivity index is 1.55. The number of aromatic nitrogens is 2. The Kier molecular flexibility index (Phi) is 7.24. The van der Waals surface area contributed by atoms with Gasteiger partial charge in [0, 0.05) is 36.9 Å². The zero-order valence-corrected chi connectivity index (χ0v) is 18.4. The summed E-state index contributed by atoms with van der Waals surface area (Å²) in [4.78, 5) is 23.6. The van der Waals surface area contributed by atoms with E-state index in [0.29, 0.717) is 36.9 Å². The highest BCUT2D eigenvalue weighted by molar-refractivity contribution is 5.79. The van der Waals surface area contributed by atoms with Crippen LogP contribution in [-0.4, -0.2) is 48.2 Å². The predicted octanol–water partition coefficient (Wildman–Crippen LogP) is 4.21. The number of hydrogen-bond donors (Lipinski definition) is 1. The smallest absolute Gasteiger partial charge is 0.246 e. The molecule has 8 heteroatoms. The molecule has 1 fully saturated rings. The molecule has 2 heterocycles. The Hall–Kier alpha value is -3.39. The van der Waals surface area contributed by atoms with Gasteiger partial charge in [0.1, 0.15) is 24.1 Å². The van der Waals surface area contributed by atoms with Crippen molar-refractivity contribution in [3.63, 3.8) is 0 Å². The summed E-state index contributed by atoms with van der Waals surface area (Å²) in [5.74, 6) is -0.0563. The molecule has 4 rings (SSSR count). The molecule has 172 valence electrons. The number of amides is 1. The largest absolute Gasteiger partial charge is 0.372 e. The summed E-state index contributed by atoms with van der Waals surface area (Å²) in [6.07, 6.45) is 3.27. The Bertz CT molecular complexity index is 1080. The van der Waals surface area contributed by atoms with Gasteiger partial charge in [-0.2, -0.15) is 0 Å². The molecule has 0 aliphatic carbocycles. The molecule has 0 atom stereocenters. The lowest BCUT2D eigenvalue weighted by molar-refractivity contribution is -0.126. The Morgan fingerprint density at radius 1 is 1.00 bits per heavy atom. The van der Waals surface area contributed by atoms with E-state index in [4.69, 9.17) is 9.72 Å². The third-order valence-corrected chi connectivity index (χ3v) is 5.62. The fraction of sp³-hybridized carbons (Fsp3) is 0.320. The van der Waals surface area contributed by atoms with Crippen molar-refractivity contribution in [1.82, 2.24) is 15.3 Å². The molecule has 0 unspecified atom stereocenters. The molecule has 6 nitrogen and oxygen atoms in total. The van der Waals surface area contributed by atoms with Crippen LogP contribution in [0.2, 0.25) is 0 Å². The minimum atomic E-state index is -0.334. The van der Waals surface area contributed by atoms with Gasteiger partial charge in [0.2, 0.25) is 5.91 Å². The molecule has 0 radical (unpaired) electrons. The summed E-state index contributed by atoms with van der Waals surface area (Å²) in [7, 11) is 0. The second-order valence-corrected chi connectivity index (χ2v) is 7.91. The van der Waals surface area contributed by atoms with Crippen molar-refractivity contribution in [2.75, 3.05) is 31.2 Å². The van der Waals surface area contributed by atoms with Crippen LogP contribution in [0.1, 0.15) is 19.8 Å². The van der Waals surface area contributed by atoms with Gasteiger partial charge in [-0.15, -0.1) is 0 Å². The van der Waals surface area contributed by atoms with E-state index in [1.165, 1.54) is 24.3 Å². The van der Waals surface area contributed by atoms with E-state index in [-0.39, 0.29) is 30.2 Å². The van der Waals surface area contributed by atoms with Crippen LogP contribution in [0.4, 0.5) is 14.6 Å². The van der Waals surface area contributed by atoms with E-state index >= 15 is 0 Å². The van der Waals surface area contributed by atoms with E-state index < -0.39 is 0 Å². The fourth-order valence-corrected chi connectivity index (χ4v) is 3.88. The van der Waals surface area contributed by atoms with E-state index in [9.17, 15) is 13.6 Å². The first kappa shape index (κ1) is 22.8. The van der Waals surface area contributed by atoms with Gasteiger partial charge in [-0.25, -0.2) is 13.8 Å². The molecule has 1 N–H and O–H groups in total. The first-order valence-corrected chi connectivity index (χ1v) is 11.0. The van der Waals surface area contributed by atoms with Crippen molar-refractivity contribution >= 4 is 11.7 Å². The standard InChI is InChI=1S/C25H26F2N4O2/c1-2-33-16-23(32)29-21-11-13-31(14-12-21)22-15-28-24(17-3-7-19(26)8-4-17)25(30-22)18-5-9-20(27)10-6-18/h3-10,15,21H,2,11-14,16H2,1H3,(H,29,32). The van der Waals surface area contributed by atoms with Gasteiger partial charge in [-0.3, -0.25) is 9.78 Å². The van der Waals surface area contributed by atoms with E-state index in [2.05, 4.69) is 15.2 Å². The molecule has 0 saturated carbocycles. The van der Waals surface area contributed by atoms with Crippen LogP contribution < -0.4 is 10.2 Å². The number of rotatable bonds is 7. The van der Waals surface area contributed by atoms with Crippen LogP contribution in [0, 0.1) is 11.6 Å². The topological polar surface area (TPSA) is 67.3 Å². The Morgan fingerprint density at radius 3 is 2.15 bits per heavy atom. The summed E-state index contributed by atoms with van der Waals surface area (Å²) < 4.78 is 32.1. The van der Waals surface area contributed by atoms with Crippen molar-refractivity contribution < 1.29 is 18.3 Å². The normalized spacial score (nSPS) is 14.3. The third-order valence-electron chi connectivity index (χ3n) is 5.62. The average molecular weight is 453 g/mol. The van der Waals surface area contributed by atoms with Crippen molar-refractivity contribution in [2.45, 2.75) is 25.8 Å².